The smallest absolute Gasteiger partial charge is 0.166 e. The van der Waals surface area contributed by atoms with E-state index in [0.29, 0.717) is 22.9 Å². The lowest BCUT2D eigenvalue weighted by Gasteiger charge is -2.10. The Hall–Kier alpha value is -2.73. The number of furan rings is 1. The molecule has 3 heterocycles. The Morgan fingerprint density at radius 1 is 1.04 bits per heavy atom. The molecule has 4 aromatic rings. The second kappa shape index (κ2) is 5.48. The van der Waals surface area contributed by atoms with Gasteiger partial charge in [0.05, 0.1) is 11.6 Å². The molecule has 6 heteroatoms. The number of halogens is 1. The first kappa shape index (κ1) is 13.9. The lowest BCUT2D eigenvalue weighted by atomic mass is 10.0. The molecule has 0 saturated carbocycles. The number of hydrogen-bond donors (Lipinski definition) is 1. The third kappa shape index (κ3) is 2.47. The normalized spacial score (nSPS) is 11.0. The standard InChI is InChI=1S/C17H11BrN4O/c18-11-4-1-3-10(7-11)12-8-13(14-5-2-6-23-14)22-17-15(12)16(19)20-9-21-17/h1-9H,(H2,19,20,21,22). The maximum Gasteiger partial charge on any atom is 0.166 e. The molecule has 2 N–H and O–H groups in total. The molecule has 0 fully saturated rings. The molecule has 23 heavy (non-hydrogen) atoms. The van der Waals surface area contributed by atoms with E-state index in [2.05, 4.69) is 30.9 Å². The van der Waals surface area contributed by atoms with Crippen LogP contribution in [0.15, 0.2) is 63.9 Å². The number of nitrogens with two attached hydrogens (primary N) is 1. The Labute approximate surface area is 140 Å². The average Bonchev–Trinajstić information content (AvgIpc) is 3.08. The fourth-order valence-corrected chi connectivity index (χ4v) is 2.92. The van der Waals surface area contributed by atoms with Gasteiger partial charge in [-0.05, 0) is 41.5 Å². The summed E-state index contributed by atoms with van der Waals surface area (Å²) in [6.07, 6.45) is 3.04. The summed E-state index contributed by atoms with van der Waals surface area (Å²) in [5.74, 6) is 1.09. The van der Waals surface area contributed by atoms with Crippen LogP contribution in [0.1, 0.15) is 0 Å². The molecule has 4 rings (SSSR count). The SMILES string of the molecule is Nc1ncnc2nc(-c3ccco3)cc(-c3cccc(Br)c3)c12. The largest absolute Gasteiger partial charge is 0.463 e. The van der Waals surface area contributed by atoms with E-state index in [1.54, 1.807) is 6.26 Å². The van der Waals surface area contributed by atoms with E-state index >= 15 is 0 Å². The van der Waals surface area contributed by atoms with Gasteiger partial charge in [0, 0.05) is 4.47 Å². The van der Waals surface area contributed by atoms with Crippen molar-refractivity contribution in [1.29, 1.82) is 0 Å². The van der Waals surface area contributed by atoms with E-state index < -0.39 is 0 Å². The van der Waals surface area contributed by atoms with Gasteiger partial charge in [0.1, 0.15) is 17.8 Å². The zero-order valence-corrected chi connectivity index (χ0v) is 13.5. The summed E-state index contributed by atoms with van der Waals surface area (Å²) in [5.41, 5.74) is 9.24. The first-order chi connectivity index (χ1) is 11.2. The van der Waals surface area contributed by atoms with Gasteiger partial charge in [0.15, 0.2) is 11.4 Å². The van der Waals surface area contributed by atoms with Gasteiger partial charge < -0.3 is 10.2 Å². The molecule has 0 saturated heterocycles. The minimum absolute atomic E-state index is 0.406. The summed E-state index contributed by atoms with van der Waals surface area (Å²) in [7, 11) is 0. The highest BCUT2D eigenvalue weighted by atomic mass is 79.9. The van der Waals surface area contributed by atoms with Crippen LogP contribution in [0.4, 0.5) is 5.82 Å². The number of benzene rings is 1. The first-order valence-electron chi connectivity index (χ1n) is 6.93. The Balaban J connectivity index is 2.07. The molecule has 0 atom stereocenters. The highest BCUT2D eigenvalue weighted by molar-refractivity contribution is 9.10. The summed E-state index contributed by atoms with van der Waals surface area (Å²) in [6.45, 7) is 0. The fourth-order valence-electron chi connectivity index (χ4n) is 2.52. The average molecular weight is 367 g/mol. The zero-order valence-electron chi connectivity index (χ0n) is 11.9. The van der Waals surface area contributed by atoms with Crippen molar-refractivity contribution in [2.45, 2.75) is 0 Å². The van der Waals surface area contributed by atoms with Crippen LogP contribution >= 0.6 is 15.9 Å². The number of rotatable bonds is 2. The Bertz CT molecular complexity index is 999. The molecule has 5 nitrogen and oxygen atoms in total. The summed E-state index contributed by atoms with van der Waals surface area (Å²) in [5, 5.41) is 0.737. The predicted octanol–water partition coefficient (Wildman–Crippen LogP) is 4.30. The van der Waals surface area contributed by atoms with Gasteiger partial charge in [-0.25, -0.2) is 15.0 Å². The van der Waals surface area contributed by atoms with Crippen LogP contribution in [0, 0.1) is 0 Å². The van der Waals surface area contributed by atoms with E-state index in [0.717, 1.165) is 21.0 Å². The van der Waals surface area contributed by atoms with Crippen LogP contribution in [-0.2, 0) is 0 Å². The van der Waals surface area contributed by atoms with Crippen molar-refractivity contribution >= 4 is 32.8 Å². The zero-order chi connectivity index (χ0) is 15.8. The van der Waals surface area contributed by atoms with Crippen LogP contribution < -0.4 is 5.73 Å². The summed E-state index contributed by atoms with van der Waals surface area (Å²) < 4.78 is 6.45. The number of anilines is 1. The maximum atomic E-state index is 6.07. The van der Waals surface area contributed by atoms with Gasteiger partial charge in [-0.15, -0.1) is 0 Å². The van der Waals surface area contributed by atoms with Crippen LogP contribution in [-0.4, -0.2) is 15.0 Å². The summed E-state index contributed by atoms with van der Waals surface area (Å²) in [6, 6.07) is 13.6. The molecular formula is C17H11BrN4O. The van der Waals surface area contributed by atoms with Crippen molar-refractivity contribution in [2.24, 2.45) is 0 Å². The minimum Gasteiger partial charge on any atom is -0.463 e. The third-order valence-corrected chi connectivity index (χ3v) is 4.04. The fraction of sp³-hybridized carbons (Fsp3) is 0. The van der Waals surface area contributed by atoms with Crippen LogP contribution in [0.5, 0.6) is 0 Å². The minimum atomic E-state index is 0.406. The Morgan fingerprint density at radius 3 is 2.74 bits per heavy atom. The number of nitrogen functional groups attached to an aromatic ring is 1. The van der Waals surface area contributed by atoms with Gasteiger partial charge >= 0.3 is 0 Å². The van der Waals surface area contributed by atoms with Crippen molar-refractivity contribution in [1.82, 2.24) is 15.0 Å². The maximum absolute atomic E-state index is 6.07. The van der Waals surface area contributed by atoms with E-state index in [1.807, 2.05) is 42.5 Å². The van der Waals surface area contributed by atoms with Crippen LogP contribution in [0.2, 0.25) is 0 Å². The highest BCUT2D eigenvalue weighted by Gasteiger charge is 2.14. The monoisotopic (exact) mass is 366 g/mol. The van der Waals surface area contributed by atoms with Crippen molar-refractivity contribution in [3.05, 3.63) is 59.5 Å². The third-order valence-electron chi connectivity index (χ3n) is 3.54. The van der Waals surface area contributed by atoms with Crippen LogP contribution in [0.3, 0.4) is 0 Å². The molecule has 112 valence electrons. The molecule has 0 unspecified atom stereocenters. The van der Waals surface area contributed by atoms with Gasteiger partial charge in [-0.2, -0.15) is 0 Å². The predicted molar refractivity (Wildman–Crippen MR) is 92.6 cm³/mol. The van der Waals surface area contributed by atoms with Crippen molar-refractivity contribution in [2.75, 3.05) is 5.73 Å². The molecule has 0 aliphatic heterocycles. The molecule has 1 aromatic carbocycles. The number of pyridine rings is 1. The van der Waals surface area contributed by atoms with Gasteiger partial charge in [-0.3, -0.25) is 0 Å². The molecule has 0 spiro atoms. The number of aromatic nitrogens is 3. The van der Waals surface area contributed by atoms with Crippen molar-refractivity contribution in [3.63, 3.8) is 0 Å². The lowest BCUT2D eigenvalue weighted by Crippen LogP contribution is -1.98. The second-order valence-corrected chi connectivity index (χ2v) is 5.92. The van der Waals surface area contributed by atoms with Crippen LogP contribution in [0.25, 0.3) is 33.6 Å². The van der Waals surface area contributed by atoms with Crippen molar-refractivity contribution in [3.8, 4) is 22.6 Å². The van der Waals surface area contributed by atoms with E-state index in [4.69, 9.17) is 10.2 Å². The molecule has 3 aromatic heterocycles. The molecule has 0 radical (unpaired) electrons. The molecule has 0 amide bonds. The number of hydrogen-bond acceptors (Lipinski definition) is 5. The molecular weight excluding hydrogens is 356 g/mol. The van der Waals surface area contributed by atoms with Crippen molar-refractivity contribution < 1.29 is 4.42 Å². The van der Waals surface area contributed by atoms with E-state index in [-0.39, 0.29) is 0 Å². The lowest BCUT2D eigenvalue weighted by molar-refractivity contribution is 0.580. The number of nitrogens with zero attached hydrogens (tertiary/aromatic N) is 3. The van der Waals surface area contributed by atoms with Gasteiger partial charge in [0.25, 0.3) is 0 Å². The quantitative estimate of drug-likeness (QED) is 0.572. The Kier molecular flexibility index (Phi) is 3.31. The summed E-state index contributed by atoms with van der Waals surface area (Å²) >= 11 is 3.50. The topological polar surface area (TPSA) is 77.8 Å². The van der Waals surface area contributed by atoms with E-state index in [9.17, 15) is 0 Å². The second-order valence-electron chi connectivity index (χ2n) is 5.00. The molecule has 0 bridgehead atoms. The van der Waals surface area contributed by atoms with E-state index in [1.165, 1.54) is 6.33 Å². The molecule has 0 aliphatic rings. The first-order valence-corrected chi connectivity index (χ1v) is 7.73. The highest BCUT2D eigenvalue weighted by Crippen LogP contribution is 2.34. The van der Waals surface area contributed by atoms with Gasteiger partial charge in [-0.1, -0.05) is 28.1 Å². The van der Waals surface area contributed by atoms with Gasteiger partial charge in [0.2, 0.25) is 0 Å². The Morgan fingerprint density at radius 2 is 1.96 bits per heavy atom. The molecule has 0 aliphatic carbocycles. The number of fused-ring (bicyclic) bond motifs is 1. The summed E-state index contributed by atoms with van der Waals surface area (Å²) in [4.78, 5) is 12.9.